The van der Waals surface area contributed by atoms with Crippen LogP contribution in [0.3, 0.4) is 0 Å². The molecule has 0 aliphatic rings. The molecule has 6 nitrogen and oxygen atoms in total. The Kier molecular flexibility index (Phi) is 5.88. The molecule has 9 heteroatoms. The number of ether oxygens (including phenoxy) is 1. The molecule has 110 valence electrons. The summed E-state index contributed by atoms with van der Waals surface area (Å²) in [6.45, 7) is 4.68. The minimum atomic E-state index is -3.93. The summed E-state index contributed by atoms with van der Waals surface area (Å²) in [4.78, 5) is 2.23. The van der Waals surface area contributed by atoms with Crippen LogP contribution in [0.4, 0.5) is 0 Å². The van der Waals surface area contributed by atoms with Gasteiger partial charge in [0.25, 0.3) is 10.0 Å². The number of hydrogen-bond acceptors (Lipinski definition) is 3. The fourth-order valence-corrected chi connectivity index (χ4v) is 3.54. The number of sulfonamides is 1. The molecule has 0 saturated carbocycles. The van der Waals surface area contributed by atoms with Crippen molar-refractivity contribution in [2.45, 2.75) is 30.5 Å². The summed E-state index contributed by atoms with van der Waals surface area (Å²) in [5.74, 6) is 0.568. The summed E-state index contributed by atoms with van der Waals surface area (Å²) in [6.07, 6.45) is 0.863. The molecule has 0 heterocycles. The van der Waals surface area contributed by atoms with E-state index in [1.165, 1.54) is 24.3 Å². The monoisotopic (exact) mass is 333 g/mol. The zero-order valence-corrected chi connectivity index (χ0v) is 13.9. The maximum Gasteiger partial charge on any atom is 0.264 e. The second-order valence-corrected chi connectivity index (χ2v) is 13.4. The third-order valence-corrected chi connectivity index (χ3v) is 5.72. The first-order valence-corrected chi connectivity index (χ1v) is 11.6. The van der Waals surface area contributed by atoms with E-state index in [0.717, 1.165) is 12.5 Å². The van der Waals surface area contributed by atoms with E-state index >= 15 is 0 Å². The molecule has 0 saturated heterocycles. The van der Waals surface area contributed by atoms with E-state index < -0.39 is 17.4 Å². The van der Waals surface area contributed by atoms with E-state index in [1.54, 1.807) is 0 Å². The van der Waals surface area contributed by atoms with Crippen molar-refractivity contribution >= 4 is 28.5 Å². The molecule has 20 heavy (non-hydrogen) atoms. The molecule has 0 amide bonds. The Labute approximate surface area is 124 Å². The fourth-order valence-electron chi connectivity index (χ4n) is 1.49. The average Bonchev–Trinajstić information content (AvgIpc) is 2.34. The quantitative estimate of drug-likeness (QED) is 0.189. The lowest BCUT2D eigenvalue weighted by atomic mass is 10.3. The number of benzene rings is 1. The SMILES string of the molecule is C[Si](C)(Cl)CCCOc1ccc(S(=O)(=O)N=[N+]=[N-])cc1. The predicted molar refractivity (Wildman–Crippen MR) is 81.0 cm³/mol. The van der Waals surface area contributed by atoms with E-state index in [1.807, 2.05) is 0 Å². The minimum absolute atomic E-state index is 0.0584. The first-order valence-electron chi connectivity index (χ1n) is 5.98. The van der Waals surface area contributed by atoms with Crippen LogP contribution >= 0.6 is 11.1 Å². The molecule has 0 fully saturated rings. The van der Waals surface area contributed by atoms with Gasteiger partial charge in [0.1, 0.15) is 5.75 Å². The molecule has 1 aromatic rings. The van der Waals surface area contributed by atoms with Gasteiger partial charge in [-0.05, 0) is 42.3 Å². The van der Waals surface area contributed by atoms with Gasteiger partial charge >= 0.3 is 0 Å². The molecule has 0 aliphatic carbocycles. The second kappa shape index (κ2) is 6.99. The maximum absolute atomic E-state index is 11.4. The highest BCUT2D eigenvalue weighted by molar-refractivity contribution is 7.90. The highest BCUT2D eigenvalue weighted by atomic mass is 35.6. The molecule has 0 radical (unpaired) electrons. The summed E-state index contributed by atoms with van der Waals surface area (Å²) in [5.41, 5.74) is 8.17. The molecule has 0 aliphatic heterocycles. The standard InChI is InChI=1S/C11H16ClN3O3SSi/c1-20(2,12)9-3-8-18-10-4-6-11(7-5-10)19(16,17)15-14-13/h4-7H,3,8-9H2,1-2H3. The third kappa shape index (κ3) is 5.83. The van der Waals surface area contributed by atoms with Crippen LogP contribution in [0.25, 0.3) is 10.4 Å². The van der Waals surface area contributed by atoms with Crippen molar-refractivity contribution in [2.24, 2.45) is 4.52 Å². The average molecular weight is 334 g/mol. The molecule has 0 atom stereocenters. The van der Waals surface area contributed by atoms with Gasteiger partial charge in [0.15, 0.2) is 7.38 Å². The number of azide groups is 1. The largest absolute Gasteiger partial charge is 0.494 e. The zero-order chi connectivity index (χ0) is 15.2. The molecule has 0 N–H and O–H groups in total. The van der Waals surface area contributed by atoms with Crippen molar-refractivity contribution in [1.82, 2.24) is 0 Å². The number of halogens is 1. The summed E-state index contributed by atoms with van der Waals surface area (Å²) < 4.78 is 31.1. The summed E-state index contributed by atoms with van der Waals surface area (Å²) >= 11 is 6.19. The summed E-state index contributed by atoms with van der Waals surface area (Å²) in [7, 11) is -5.50. The van der Waals surface area contributed by atoms with Crippen molar-refractivity contribution < 1.29 is 13.2 Å². The number of nitrogens with zero attached hydrogens (tertiary/aromatic N) is 3. The van der Waals surface area contributed by atoms with Gasteiger partial charge in [0.2, 0.25) is 0 Å². The second-order valence-electron chi connectivity index (χ2n) is 4.79. The third-order valence-electron chi connectivity index (χ3n) is 2.45. The van der Waals surface area contributed by atoms with Crippen LogP contribution in [-0.2, 0) is 10.0 Å². The first kappa shape index (κ1) is 16.8. The highest BCUT2D eigenvalue weighted by Crippen LogP contribution is 2.19. The van der Waals surface area contributed by atoms with Gasteiger partial charge in [-0.3, -0.25) is 0 Å². The van der Waals surface area contributed by atoms with Crippen molar-refractivity contribution in [1.29, 1.82) is 0 Å². The lowest BCUT2D eigenvalue weighted by molar-refractivity contribution is 0.317. The van der Waals surface area contributed by atoms with Crippen LogP contribution in [0, 0.1) is 0 Å². The number of hydrogen-bond donors (Lipinski definition) is 0. The molecule has 1 aromatic carbocycles. The van der Waals surface area contributed by atoms with Crippen molar-refractivity contribution in [3.8, 4) is 5.75 Å². The summed E-state index contributed by atoms with van der Waals surface area (Å²) in [5, 5.41) is 0. The molecule has 0 bridgehead atoms. The highest BCUT2D eigenvalue weighted by Gasteiger charge is 2.16. The minimum Gasteiger partial charge on any atom is -0.494 e. The van der Waals surface area contributed by atoms with E-state index in [2.05, 4.69) is 22.5 Å². The number of rotatable bonds is 7. The van der Waals surface area contributed by atoms with Crippen LogP contribution in [0.2, 0.25) is 19.1 Å². The van der Waals surface area contributed by atoms with Crippen molar-refractivity contribution in [3.05, 3.63) is 34.7 Å². The Morgan fingerprint density at radius 2 is 1.95 bits per heavy atom. The topological polar surface area (TPSA) is 92.1 Å². The zero-order valence-electron chi connectivity index (χ0n) is 11.3. The van der Waals surface area contributed by atoms with Gasteiger partial charge in [0, 0.05) is 9.43 Å². The van der Waals surface area contributed by atoms with Gasteiger partial charge in [-0.25, -0.2) is 8.42 Å². The van der Waals surface area contributed by atoms with E-state index in [0.29, 0.717) is 12.4 Å². The normalized spacial score (nSPS) is 11.8. The molecule has 1 rings (SSSR count). The lowest BCUT2D eigenvalue weighted by Crippen LogP contribution is -2.16. The predicted octanol–water partition coefficient (Wildman–Crippen LogP) is 3.90. The molecule has 0 spiro atoms. The smallest absolute Gasteiger partial charge is 0.264 e. The van der Waals surface area contributed by atoms with Gasteiger partial charge in [-0.1, -0.05) is 13.1 Å². The fraction of sp³-hybridized carbons (Fsp3) is 0.455. The lowest BCUT2D eigenvalue weighted by Gasteiger charge is -2.12. The van der Waals surface area contributed by atoms with Crippen LogP contribution in [-0.4, -0.2) is 22.4 Å². The molecule has 0 aromatic heterocycles. The Morgan fingerprint density at radius 1 is 1.35 bits per heavy atom. The Hall–Kier alpha value is -1.21. The Morgan fingerprint density at radius 3 is 2.45 bits per heavy atom. The van der Waals surface area contributed by atoms with Gasteiger partial charge in [-0.15, -0.1) is 0 Å². The maximum atomic E-state index is 11.4. The summed E-state index contributed by atoms with van der Waals surface area (Å²) in [6, 6.07) is 6.71. The van der Waals surface area contributed by atoms with Crippen LogP contribution < -0.4 is 4.74 Å². The van der Waals surface area contributed by atoms with Crippen molar-refractivity contribution in [3.63, 3.8) is 0 Å². The van der Waals surface area contributed by atoms with Crippen molar-refractivity contribution in [2.75, 3.05) is 6.61 Å². The molecule has 0 unspecified atom stereocenters. The van der Waals surface area contributed by atoms with E-state index in [4.69, 9.17) is 21.3 Å². The van der Waals surface area contributed by atoms with E-state index in [9.17, 15) is 8.42 Å². The first-order chi connectivity index (χ1) is 9.24. The van der Waals surface area contributed by atoms with Gasteiger partial charge in [-0.2, -0.15) is 11.1 Å². The van der Waals surface area contributed by atoms with Gasteiger partial charge < -0.3 is 4.74 Å². The molecular weight excluding hydrogens is 318 g/mol. The van der Waals surface area contributed by atoms with Gasteiger partial charge in [0.05, 0.1) is 11.5 Å². The van der Waals surface area contributed by atoms with Crippen LogP contribution in [0.1, 0.15) is 6.42 Å². The molecular formula is C11H16ClN3O3SSi. The van der Waals surface area contributed by atoms with E-state index in [-0.39, 0.29) is 4.90 Å². The Balaban J connectivity index is 2.58. The Bertz CT molecular complexity index is 592. The van der Waals surface area contributed by atoms with Crippen LogP contribution in [0.5, 0.6) is 5.75 Å². The van der Waals surface area contributed by atoms with Crippen LogP contribution in [0.15, 0.2) is 33.7 Å².